The number of esters is 1. The molecule has 0 aromatic heterocycles. The number of nitrogens with zero attached hydrogens (tertiary/aromatic N) is 1. The summed E-state index contributed by atoms with van der Waals surface area (Å²) < 4.78 is 45.0. The molecule has 3 aromatic rings. The molecular formula is C29H32FN3O5S. The Labute approximate surface area is 228 Å². The van der Waals surface area contributed by atoms with Crippen LogP contribution in [0.5, 0.6) is 0 Å². The van der Waals surface area contributed by atoms with Gasteiger partial charge in [-0.3, -0.25) is 9.10 Å². The topological polar surface area (TPSA) is 119 Å². The van der Waals surface area contributed by atoms with Gasteiger partial charge in [0, 0.05) is 19.0 Å². The molecular weight excluding hydrogens is 521 g/mol. The summed E-state index contributed by atoms with van der Waals surface area (Å²) in [5.74, 6) is -1.35. The number of sulfonamides is 1. The second-order valence-corrected chi connectivity index (χ2v) is 12.0. The number of hydrogen-bond acceptors (Lipinski definition) is 6. The molecule has 4 rings (SSSR count). The minimum absolute atomic E-state index is 0.0584. The predicted molar refractivity (Wildman–Crippen MR) is 147 cm³/mol. The van der Waals surface area contributed by atoms with Crippen molar-refractivity contribution in [3.8, 4) is 0 Å². The van der Waals surface area contributed by atoms with Gasteiger partial charge in [0.2, 0.25) is 10.0 Å². The van der Waals surface area contributed by atoms with Gasteiger partial charge in [0.05, 0.1) is 18.0 Å². The third kappa shape index (κ3) is 6.82. The van der Waals surface area contributed by atoms with Gasteiger partial charge in [-0.1, -0.05) is 54.6 Å². The second-order valence-electron chi connectivity index (χ2n) is 9.96. The van der Waals surface area contributed by atoms with Gasteiger partial charge in [0.1, 0.15) is 18.8 Å². The lowest BCUT2D eigenvalue weighted by Crippen LogP contribution is -2.53. The number of cyclic esters (lactones) is 1. The van der Waals surface area contributed by atoms with Crippen LogP contribution in [0.3, 0.4) is 0 Å². The number of halogens is 1. The summed E-state index contributed by atoms with van der Waals surface area (Å²) >= 11 is 0. The molecule has 1 aliphatic rings. The van der Waals surface area contributed by atoms with E-state index in [0.29, 0.717) is 24.0 Å². The first kappa shape index (κ1) is 28.3. The van der Waals surface area contributed by atoms with Crippen molar-refractivity contribution in [3.05, 3.63) is 101 Å². The number of fused-ring (bicyclic) bond motifs is 4. The number of carbonyl (C=O) groups excluding carboxylic acids is 2. The van der Waals surface area contributed by atoms with Crippen molar-refractivity contribution in [1.82, 2.24) is 5.32 Å². The van der Waals surface area contributed by atoms with Gasteiger partial charge in [0.15, 0.2) is 0 Å². The third-order valence-corrected chi connectivity index (χ3v) is 8.06. The fourth-order valence-electron chi connectivity index (χ4n) is 4.55. The smallest absolute Gasteiger partial charge is 0.329 e. The normalized spacial score (nSPS) is 20.6. The quantitative estimate of drug-likeness (QED) is 0.478. The Morgan fingerprint density at radius 3 is 2.44 bits per heavy atom. The Bertz CT molecular complexity index is 1460. The fraction of sp³-hybridized carbons (Fsp3) is 0.310. The van der Waals surface area contributed by atoms with Gasteiger partial charge in [-0.15, -0.1) is 0 Å². The monoisotopic (exact) mass is 553 g/mol. The van der Waals surface area contributed by atoms with Crippen LogP contribution in [0.15, 0.2) is 72.8 Å². The molecule has 0 aliphatic carbocycles. The number of anilines is 1. The summed E-state index contributed by atoms with van der Waals surface area (Å²) in [4.78, 5) is 26.4. The van der Waals surface area contributed by atoms with E-state index < -0.39 is 34.1 Å². The van der Waals surface area contributed by atoms with Crippen molar-refractivity contribution < 1.29 is 27.1 Å². The molecule has 10 heteroatoms. The van der Waals surface area contributed by atoms with Gasteiger partial charge in [-0.2, -0.15) is 0 Å². The summed E-state index contributed by atoms with van der Waals surface area (Å²) in [6.07, 6.45) is 2.14. The number of nitrogens with one attached hydrogen (secondary N) is 1. The maximum Gasteiger partial charge on any atom is 0.329 e. The summed E-state index contributed by atoms with van der Waals surface area (Å²) in [6.45, 7) is -1.46. The van der Waals surface area contributed by atoms with E-state index in [1.165, 1.54) is 25.2 Å². The zero-order valence-corrected chi connectivity index (χ0v) is 22.7. The SMILES string of the molecule is CN(c1cc2cc(c1)C(=O)NC(c1ccccc1)CCc1cccc(c1)CC(N)(CF)C(=O)OC2)S(C)(=O)=O. The molecule has 8 nitrogen and oxygen atoms in total. The molecule has 0 fully saturated rings. The van der Waals surface area contributed by atoms with Gasteiger partial charge < -0.3 is 15.8 Å². The maximum absolute atomic E-state index is 14.1. The molecule has 4 bridgehead atoms. The Kier molecular flexibility index (Phi) is 8.36. The molecule has 39 heavy (non-hydrogen) atoms. The van der Waals surface area contributed by atoms with Crippen LogP contribution in [0, 0.1) is 0 Å². The van der Waals surface area contributed by atoms with E-state index in [0.717, 1.165) is 21.7 Å². The molecule has 3 aromatic carbocycles. The van der Waals surface area contributed by atoms with E-state index in [1.54, 1.807) is 6.07 Å². The van der Waals surface area contributed by atoms with Crippen molar-refractivity contribution in [2.75, 3.05) is 24.3 Å². The number of hydrogen-bond donors (Lipinski definition) is 2. The summed E-state index contributed by atoms with van der Waals surface area (Å²) in [5, 5.41) is 3.08. The number of carbonyl (C=O) groups is 2. The van der Waals surface area contributed by atoms with E-state index in [2.05, 4.69) is 5.32 Å². The van der Waals surface area contributed by atoms with Crippen molar-refractivity contribution in [2.24, 2.45) is 5.73 Å². The summed E-state index contributed by atoms with van der Waals surface area (Å²) in [7, 11) is -2.29. The predicted octanol–water partition coefficient (Wildman–Crippen LogP) is 3.45. The largest absolute Gasteiger partial charge is 0.459 e. The summed E-state index contributed by atoms with van der Waals surface area (Å²) in [5.41, 5.74) is 7.60. The van der Waals surface area contributed by atoms with Gasteiger partial charge in [-0.05, 0) is 53.3 Å². The molecule has 1 aliphatic heterocycles. The first-order chi connectivity index (χ1) is 18.5. The highest BCUT2D eigenvalue weighted by Gasteiger charge is 2.36. The van der Waals surface area contributed by atoms with Crippen molar-refractivity contribution in [2.45, 2.75) is 37.5 Å². The molecule has 0 saturated carbocycles. The van der Waals surface area contributed by atoms with Gasteiger partial charge in [-0.25, -0.2) is 17.6 Å². The molecule has 2 unspecified atom stereocenters. The molecule has 3 N–H and O–H groups in total. The number of aryl methyl sites for hydroxylation is 1. The Morgan fingerprint density at radius 2 is 1.74 bits per heavy atom. The lowest BCUT2D eigenvalue weighted by Gasteiger charge is -2.25. The standard InChI is InChI=1S/C29H32FN3O5S/c1-33(39(2,36)37)25-15-22-14-24(16-25)27(34)32-26(23-9-4-3-5-10-23)12-11-20-7-6-8-21(13-20)17-29(31,19-30)28(35)38-18-22/h3-10,13-16,26H,11-12,17-19,31H2,1-2H3,(H,32,34). The molecule has 206 valence electrons. The second kappa shape index (κ2) is 11.5. The number of ether oxygens (including phenoxy) is 1. The van der Waals surface area contributed by atoms with Crippen LogP contribution in [0.1, 0.15) is 45.1 Å². The first-order valence-corrected chi connectivity index (χ1v) is 14.4. The van der Waals surface area contributed by atoms with Crippen LogP contribution in [0.2, 0.25) is 0 Å². The molecule has 2 atom stereocenters. The number of rotatable bonds is 4. The van der Waals surface area contributed by atoms with Crippen LogP contribution in [-0.4, -0.2) is 45.8 Å². The molecule has 0 radical (unpaired) electrons. The number of alkyl halides is 1. The zero-order valence-electron chi connectivity index (χ0n) is 21.9. The van der Waals surface area contributed by atoms with Crippen LogP contribution >= 0.6 is 0 Å². The Morgan fingerprint density at radius 1 is 1.03 bits per heavy atom. The van der Waals surface area contributed by atoms with Crippen LogP contribution in [0.25, 0.3) is 0 Å². The fourth-order valence-corrected chi connectivity index (χ4v) is 5.04. The molecule has 1 amide bonds. The molecule has 1 heterocycles. The van der Waals surface area contributed by atoms with Crippen LogP contribution in [-0.2, 0) is 39.0 Å². The minimum atomic E-state index is -3.65. The minimum Gasteiger partial charge on any atom is -0.459 e. The Balaban J connectivity index is 1.79. The van der Waals surface area contributed by atoms with Crippen LogP contribution < -0.4 is 15.4 Å². The zero-order chi connectivity index (χ0) is 28.2. The third-order valence-electron chi connectivity index (χ3n) is 6.86. The lowest BCUT2D eigenvalue weighted by molar-refractivity contribution is -0.152. The van der Waals surface area contributed by atoms with E-state index in [4.69, 9.17) is 10.5 Å². The lowest BCUT2D eigenvalue weighted by atomic mass is 9.91. The highest BCUT2D eigenvalue weighted by molar-refractivity contribution is 7.92. The molecule has 0 saturated heterocycles. The highest BCUT2D eigenvalue weighted by atomic mass is 32.2. The van der Waals surface area contributed by atoms with Crippen molar-refractivity contribution in [3.63, 3.8) is 0 Å². The van der Waals surface area contributed by atoms with E-state index in [-0.39, 0.29) is 30.3 Å². The molecule has 0 spiro atoms. The first-order valence-electron chi connectivity index (χ1n) is 12.5. The van der Waals surface area contributed by atoms with Crippen LogP contribution in [0.4, 0.5) is 10.1 Å². The highest BCUT2D eigenvalue weighted by Crippen LogP contribution is 2.26. The number of amides is 1. The van der Waals surface area contributed by atoms with E-state index in [1.807, 2.05) is 48.5 Å². The average Bonchev–Trinajstić information content (AvgIpc) is 2.92. The maximum atomic E-state index is 14.1. The Hall–Kier alpha value is -3.76. The van der Waals surface area contributed by atoms with Crippen molar-refractivity contribution in [1.29, 1.82) is 0 Å². The van der Waals surface area contributed by atoms with Gasteiger partial charge >= 0.3 is 5.97 Å². The average molecular weight is 554 g/mol. The van der Waals surface area contributed by atoms with Crippen molar-refractivity contribution >= 4 is 27.6 Å². The number of nitrogens with two attached hydrogens (primary N) is 1. The van der Waals surface area contributed by atoms with E-state index in [9.17, 15) is 22.4 Å². The number of benzene rings is 3. The van der Waals surface area contributed by atoms with Gasteiger partial charge in [0.25, 0.3) is 5.91 Å². The van der Waals surface area contributed by atoms with E-state index >= 15 is 0 Å². The summed E-state index contributed by atoms with van der Waals surface area (Å²) in [6, 6.07) is 21.1.